The fourth-order valence-electron chi connectivity index (χ4n) is 0.838. The van der Waals surface area contributed by atoms with Crippen molar-refractivity contribution in [1.82, 2.24) is 0 Å². The van der Waals surface area contributed by atoms with Crippen molar-refractivity contribution in [3.05, 3.63) is 35.9 Å². The summed E-state index contributed by atoms with van der Waals surface area (Å²) in [6.45, 7) is 26.9. The second kappa shape index (κ2) is 42.7. The third kappa shape index (κ3) is 50.6. The van der Waals surface area contributed by atoms with Gasteiger partial charge in [0.05, 0.1) is 0 Å². The highest BCUT2D eigenvalue weighted by atomic mass is 14.0. The van der Waals surface area contributed by atoms with Crippen molar-refractivity contribution in [1.29, 1.82) is 0 Å². The van der Waals surface area contributed by atoms with E-state index in [-0.39, 0.29) is 8.41 Å². The van der Waals surface area contributed by atoms with Gasteiger partial charge in [0.1, 0.15) is 0 Å². The first-order valence-electron chi connectivity index (χ1n) is 9.09. The summed E-state index contributed by atoms with van der Waals surface area (Å²) in [4.78, 5) is 0. The van der Waals surface area contributed by atoms with Crippen molar-refractivity contribution in [2.75, 3.05) is 0 Å². The van der Waals surface area contributed by atoms with Crippen molar-refractivity contribution in [2.24, 2.45) is 5.92 Å². The quantitative estimate of drug-likeness (QED) is 0.458. The molecule has 133 valence electrons. The lowest BCUT2D eigenvalue weighted by Gasteiger charge is -2.01. The number of hydrogen-bond donors (Lipinski definition) is 0. The highest BCUT2D eigenvalue weighted by molar-refractivity contribution is 5.75. The van der Waals surface area contributed by atoms with E-state index >= 15 is 0 Å². The molecule has 0 aliphatic heterocycles. The molecule has 0 amide bonds. The van der Waals surface area contributed by atoms with Crippen LogP contribution in [0.15, 0.2) is 30.3 Å². The van der Waals surface area contributed by atoms with Crippen molar-refractivity contribution in [3.63, 3.8) is 0 Å². The summed E-state index contributed by atoms with van der Waals surface area (Å²) in [5.74, 6) is 1.49. The maximum atomic E-state index is 2.20. The van der Waals surface area contributed by atoms with Gasteiger partial charge in [-0.1, -0.05) is 120 Å². The van der Waals surface area contributed by atoms with Gasteiger partial charge in [-0.25, -0.2) is 0 Å². The van der Waals surface area contributed by atoms with Gasteiger partial charge < -0.3 is 0 Å². The summed E-state index contributed by atoms with van der Waals surface area (Å²) in [6.07, 6.45) is 0. The zero-order chi connectivity index (χ0) is 18.3. The van der Waals surface area contributed by atoms with Gasteiger partial charge in [0.2, 0.25) is 0 Å². The summed E-state index contributed by atoms with van der Waals surface area (Å²) < 4.78 is 0. The summed E-state index contributed by atoms with van der Waals surface area (Å²) in [5, 5.41) is 0. The smallest absolute Gasteiger partial charge is 0 e. The molecule has 0 aliphatic rings. The Bertz CT molecular complexity index is 200. The normalized spacial score (nSPS) is 6.86. The van der Waals surface area contributed by atoms with Gasteiger partial charge in [0.15, 0.2) is 0 Å². The zero-order valence-corrected chi connectivity index (χ0v) is 18.1. The minimum Gasteiger partial charge on any atom is -0.0683 e. The molecule has 1 heteroatoms. The molecule has 1 aromatic carbocycles. The van der Waals surface area contributed by atoms with Crippen LogP contribution in [-0.4, -0.2) is 8.41 Å². The van der Waals surface area contributed by atoms with E-state index in [2.05, 4.69) is 58.9 Å². The standard InChI is InChI=1S/C9H12.C4H10.4C2H6.B/c1-8(2)9-6-4-3-5-7-9;1-4(2)3;4*1-2;/h3-8H,1-2H3;4H,1-3H3;4*1-2H3;. The summed E-state index contributed by atoms with van der Waals surface area (Å²) in [6, 6.07) is 10.5. The highest BCUT2D eigenvalue weighted by Gasteiger charge is 1.93. The predicted octanol–water partition coefficient (Wildman–Crippen LogP) is 8.20. The molecule has 0 saturated heterocycles. The number of benzene rings is 1. The Morgan fingerprint density at radius 2 is 0.773 bits per heavy atom. The van der Waals surface area contributed by atoms with Crippen molar-refractivity contribution >= 4 is 8.41 Å². The Balaban J connectivity index is -0.0000000424. The molecule has 0 aliphatic carbocycles. The molecule has 3 radical (unpaired) electrons. The molecular weight excluding hydrogens is 263 g/mol. The van der Waals surface area contributed by atoms with Crippen LogP contribution in [-0.2, 0) is 0 Å². The molecule has 1 aromatic rings. The average molecular weight is 309 g/mol. The lowest BCUT2D eigenvalue weighted by molar-refractivity contribution is 0.737. The zero-order valence-electron chi connectivity index (χ0n) is 18.1. The molecule has 0 bridgehead atoms. The Hall–Kier alpha value is -0.715. The number of hydrogen-bond acceptors (Lipinski definition) is 0. The lowest BCUT2D eigenvalue weighted by atomic mass is 10.0. The molecule has 0 fully saturated rings. The monoisotopic (exact) mass is 309 g/mol. The van der Waals surface area contributed by atoms with Crippen LogP contribution in [0.4, 0.5) is 0 Å². The molecule has 0 atom stereocenters. The van der Waals surface area contributed by atoms with E-state index < -0.39 is 0 Å². The molecular formula is C21H46B. The van der Waals surface area contributed by atoms with Crippen LogP contribution in [0.25, 0.3) is 0 Å². The molecule has 22 heavy (non-hydrogen) atoms. The molecule has 0 aromatic heterocycles. The second-order valence-corrected chi connectivity index (χ2v) is 4.30. The summed E-state index contributed by atoms with van der Waals surface area (Å²) in [7, 11) is 0. The third-order valence-corrected chi connectivity index (χ3v) is 1.47. The molecule has 0 spiro atoms. The molecule has 0 heterocycles. The second-order valence-electron chi connectivity index (χ2n) is 4.30. The Morgan fingerprint density at radius 3 is 0.909 bits per heavy atom. The molecule has 0 N–H and O–H groups in total. The predicted molar refractivity (Wildman–Crippen MR) is 112 cm³/mol. The van der Waals surface area contributed by atoms with Crippen LogP contribution in [0, 0.1) is 5.92 Å². The third-order valence-electron chi connectivity index (χ3n) is 1.47. The van der Waals surface area contributed by atoms with Gasteiger partial charge in [-0.15, -0.1) is 0 Å². The minimum atomic E-state index is 0. The largest absolute Gasteiger partial charge is 0.0683 e. The van der Waals surface area contributed by atoms with Gasteiger partial charge in [0, 0.05) is 8.41 Å². The van der Waals surface area contributed by atoms with Crippen LogP contribution in [0.1, 0.15) is 101 Å². The minimum absolute atomic E-state index is 0. The molecule has 1 rings (SSSR count). The van der Waals surface area contributed by atoms with E-state index in [0.29, 0.717) is 5.92 Å². The Labute approximate surface area is 146 Å². The van der Waals surface area contributed by atoms with Crippen molar-refractivity contribution in [2.45, 2.75) is 95.9 Å². The van der Waals surface area contributed by atoms with Crippen LogP contribution >= 0.6 is 0 Å². The first-order chi connectivity index (χ1) is 10.0. The van der Waals surface area contributed by atoms with Gasteiger partial charge in [-0.05, 0) is 17.4 Å². The first-order valence-corrected chi connectivity index (χ1v) is 9.09. The molecule has 0 unspecified atom stereocenters. The van der Waals surface area contributed by atoms with E-state index in [1.165, 1.54) is 5.56 Å². The Morgan fingerprint density at radius 1 is 0.545 bits per heavy atom. The average Bonchev–Trinajstić information content (AvgIpc) is 2.55. The van der Waals surface area contributed by atoms with Gasteiger partial charge >= 0.3 is 0 Å². The maximum absolute atomic E-state index is 2.20. The fraction of sp³-hybridized carbons (Fsp3) is 0.714. The Kier molecular flexibility index (Phi) is 72.8. The van der Waals surface area contributed by atoms with Gasteiger partial charge in [0.25, 0.3) is 0 Å². The topological polar surface area (TPSA) is 0 Å². The molecule has 0 nitrogen and oxygen atoms in total. The van der Waals surface area contributed by atoms with Crippen LogP contribution in [0.3, 0.4) is 0 Å². The van der Waals surface area contributed by atoms with Crippen LogP contribution < -0.4 is 0 Å². The first kappa shape index (κ1) is 37.5. The van der Waals surface area contributed by atoms with Crippen molar-refractivity contribution < 1.29 is 0 Å². The fourth-order valence-corrected chi connectivity index (χ4v) is 0.838. The molecule has 0 saturated carbocycles. The van der Waals surface area contributed by atoms with E-state index in [4.69, 9.17) is 0 Å². The maximum Gasteiger partial charge on any atom is 0 e. The number of rotatable bonds is 1. The van der Waals surface area contributed by atoms with E-state index in [1.807, 2.05) is 61.5 Å². The van der Waals surface area contributed by atoms with E-state index in [9.17, 15) is 0 Å². The van der Waals surface area contributed by atoms with Crippen LogP contribution in [0.2, 0.25) is 0 Å². The van der Waals surface area contributed by atoms with Gasteiger partial charge in [-0.3, -0.25) is 0 Å². The SMILES string of the molecule is CC.CC.CC.CC.CC(C)C.CC(C)c1ccccc1.[B]. The summed E-state index contributed by atoms with van der Waals surface area (Å²) >= 11 is 0. The van der Waals surface area contributed by atoms with E-state index in [1.54, 1.807) is 0 Å². The van der Waals surface area contributed by atoms with Gasteiger partial charge in [-0.2, -0.15) is 0 Å². The lowest BCUT2D eigenvalue weighted by Crippen LogP contribution is -1.83. The highest BCUT2D eigenvalue weighted by Crippen LogP contribution is 2.11. The summed E-state index contributed by atoms with van der Waals surface area (Å²) in [5.41, 5.74) is 1.41. The van der Waals surface area contributed by atoms with Crippen molar-refractivity contribution in [3.8, 4) is 0 Å². The van der Waals surface area contributed by atoms with E-state index in [0.717, 1.165) is 5.92 Å². The van der Waals surface area contributed by atoms with Crippen LogP contribution in [0.5, 0.6) is 0 Å².